The molecule has 0 amide bonds. The number of hydrogen-bond acceptors (Lipinski definition) is 1. The van der Waals surface area contributed by atoms with Crippen LogP contribution in [0.5, 0.6) is 0 Å². The second-order valence-electron chi connectivity index (χ2n) is 3.19. The van der Waals surface area contributed by atoms with E-state index in [1.165, 1.54) is 31.2 Å². The summed E-state index contributed by atoms with van der Waals surface area (Å²) in [7, 11) is 0. The third-order valence-corrected chi connectivity index (χ3v) is 3.68. The van der Waals surface area contributed by atoms with Crippen LogP contribution in [0.15, 0.2) is 30.3 Å². The molecule has 2 heteroatoms. The second kappa shape index (κ2) is 7.24. The van der Waals surface area contributed by atoms with Crippen molar-refractivity contribution in [3.63, 3.8) is 0 Å². The molecule has 13 heavy (non-hydrogen) atoms. The quantitative estimate of drug-likeness (QED) is 0.579. The first kappa shape index (κ1) is 10.9. The van der Waals surface area contributed by atoms with E-state index in [1.807, 2.05) is 6.07 Å². The molecule has 1 nitrogen and oxygen atoms in total. The molecule has 1 rings (SSSR count). The molecule has 0 spiro atoms. The molecule has 1 aromatic rings. The molecule has 0 unspecified atom stereocenters. The van der Waals surface area contributed by atoms with Crippen LogP contribution in [0.3, 0.4) is 0 Å². The maximum atomic E-state index is 10.3. The molecule has 0 aliphatic heterocycles. The van der Waals surface area contributed by atoms with Gasteiger partial charge in [0.1, 0.15) is 0 Å². The van der Waals surface area contributed by atoms with E-state index in [-0.39, 0.29) is 0 Å². The van der Waals surface area contributed by atoms with Crippen molar-refractivity contribution in [1.29, 1.82) is 0 Å². The Balaban J connectivity index is 2.10. The van der Waals surface area contributed by atoms with Gasteiger partial charge in [-0.3, -0.25) is 0 Å². The molecule has 0 saturated carbocycles. The fraction of sp³-hybridized carbons (Fsp3) is 0.455. The fourth-order valence-corrected chi connectivity index (χ4v) is 2.47. The molecule has 0 aliphatic carbocycles. The normalized spacial score (nSPS) is 9.85. The van der Waals surface area contributed by atoms with E-state index in [2.05, 4.69) is 24.3 Å². The molecule has 0 fully saturated rings. The minimum atomic E-state index is -1.15. The standard InChI is InChI=1S/C11H15.O.Sn/c1-2-3-5-8-11-9-6-4-7-10-11;;/h4,6-7,9-10H,1-3,5,8H2;;. The van der Waals surface area contributed by atoms with Crippen molar-refractivity contribution in [2.75, 3.05) is 0 Å². The van der Waals surface area contributed by atoms with Gasteiger partial charge in [-0.1, -0.05) is 0 Å². The van der Waals surface area contributed by atoms with Gasteiger partial charge in [0.25, 0.3) is 0 Å². The van der Waals surface area contributed by atoms with E-state index in [4.69, 9.17) is 0 Å². The summed E-state index contributed by atoms with van der Waals surface area (Å²) >= 11 is -1.15. The first-order valence-electron chi connectivity index (χ1n) is 4.82. The van der Waals surface area contributed by atoms with Crippen molar-refractivity contribution in [3.05, 3.63) is 35.9 Å². The summed E-state index contributed by atoms with van der Waals surface area (Å²) in [5.41, 5.74) is 1.42. The van der Waals surface area contributed by atoms with Crippen LogP contribution in [0, 0.1) is 0 Å². The Bertz CT molecular complexity index is 233. The van der Waals surface area contributed by atoms with Crippen molar-refractivity contribution in [2.45, 2.75) is 30.1 Å². The molecular formula is C11H15OSn. The molecule has 1 aromatic carbocycles. The van der Waals surface area contributed by atoms with Crippen molar-refractivity contribution < 1.29 is 3.08 Å². The van der Waals surface area contributed by atoms with Gasteiger partial charge in [0.05, 0.1) is 0 Å². The Kier molecular flexibility index (Phi) is 6.07. The molecule has 1 radical (unpaired) electrons. The Morgan fingerprint density at radius 3 is 2.46 bits per heavy atom. The molecule has 0 heterocycles. The number of unbranched alkanes of at least 4 members (excludes halogenated alkanes) is 2. The summed E-state index contributed by atoms with van der Waals surface area (Å²) in [6.45, 7) is 0. The van der Waals surface area contributed by atoms with Crippen LogP contribution in [0.2, 0.25) is 4.44 Å². The van der Waals surface area contributed by atoms with Gasteiger partial charge in [0.2, 0.25) is 0 Å². The predicted octanol–water partition coefficient (Wildman–Crippen LogP) is 2.87. The maximum absolute atomic E-state index is 10.3. The molecule has 0 N–H and O–H groups in total. The van der Waals surface area contributed by atoms with Crippen molar-refractivity contribution in [1.82, 2.24) is 0 Å². The molecule has 0 bridgehead atoms. The van der Waals surface area contributed by atoms with Gasteiger partial charge in [-0.25, -0.2) is 0 Å². The van der Waals surface area contributed by atoms with Crippen LogP contribution in [0.4, 0.5) is 0 Å². The molecule has 0 saturated heterocycles. The van der Waals surface area contributed by atoms with Crippen LogP contribution < -0.4 is 0 Å². The van der Waals surface area contributed by atoms with E-state index in [0.29, 0.717) is 0 Å². The summed E-state index contributed by atoms with van der Waals surface area (Å²) in [6.07, 6.45) is 4.81. The van der Waals surface area contributed by atoms with Crippen molar-refractivity contribution >= 4 is 21.1 Å². The molecular weight excluding hydrogens is 267 g/mol. The number of hydrogen-bond donors (Lipinski definition) is 0. The van der Waals surface area contributed by atoms with Gasteiger partial charge in [-0.2, -0.15) is 0 Å². The third kappa shape index (κ3) is 5.19. The monoisotopic (exact) mass is 283 g/mol. The summed E-state index contributed by atoms with van der Waals surface area (Å²) in [4.78, 5) is 0. The van der Waals surface area contributed by atoms with E-state index >= 15 is 0 Å². The zero-order valence-electron chi connectivity index (χ0n) is 7.83. The van der Waals surface area contributed by atoms with Gasteiger partial charge < -0.3 is 0 Å². The Morgan fingerprint density at radius 2 is 1.77 bits per heavy atom. The van der Waals surface area contributed by atoms with Crippen molar-refractivity contribution in [3.8, 4) is 0 Å². The fourth-order valence-electron chi connectivity index (χ4n) is 1.35. The average molecular weight is 282 g/mol. The van der Waals surface area contributed by atoms with Crippen molar-refractivity contribution in [2.24, 2.45) is 0 Å². The Morgan fingerprint density at radius 1 is 1.00 bits per heavy atom. The minimum absolute atomic E-state index is 1.01. The van der Waals surface area contributed by atoms with Gasteiger partial charge >= 0.3 is 90.2 Å². The van der Waals surface area contributed by atoms with Gasteiger partial charge in [0, 0.05) is 0 Å². The van der Waals surface area contributed by atoms with Crippen LogP contribution in [-0.2, 0) is 9.50 Å². The average Bonchev–Trinajstić information content (AvgIpc) is 2.19. The Hall–Kier alpha value is -0.181. The number of aryl methyl sites for hydroxylation is 1. The molecule has 0 aliphatic rings. The SMILES string of the molecule is [O]=[Sn][CH2]CCCCc1ccccc1. The topological polar surface area (TPSA) is 17.1 Å². The predicted molar refractivity (Wildman–Crippen MR) is 55.2 cm³/mol. The molecule has 0 atom stereocenters. The molecule has 69 valence electrons. The van der Waals surface area contributed by atoms with E-state index in [1.54, 1.807) is 0 Å². The molecule has 0 aromatic heterocycles. The van der Waals surface area contributed by atoms with Crippen LogP contribution >= 0.6 is 0 Å². The van der Waals surface area contributed by atoms with Crippen LogP contribution in [0.25, 0.3) is 0 Å². The van der Waals surface area contributed by atoms with Gasteiger partial charge in [-0.05, 0) is 0 Å². The van der Waals surface area contributed by atoms with E-state index < -0.39 is 21.1 Å². The number of rotatable bonds is 6. The Labute approximate surface area is 90.2 Å². The van der Waals surface area contributed by atoms with Gasteiger partial charge in [-0.15, -0.1) is 0 Å². The second-order valence-corrected chi connectivity index (χ2v) is 5.44. The zero-order valence-corrected chi connectivity index (χ0v) is 10.7. The summed E-state index contributed by atoms with van der Waals surface area (Å²) < 4.78 is 11.3. The van der Waals surface area contributed by atoms with E-state index in [0.717, 1.165) is 4.44 Å². The zero-order chi connectivity index (χ0) is 9.36. The first-order chi connectivity index (χ1) is 6.43. The third-order valence-electron chi connectivity index (χ3n) is 2.09. The summed E-state index contributed by atoms with van der Waals surface area (Å²) in [5, 5.41) is 0. The van der Waals surface area contributed by atoms with Gasteiger partial charge in [0.15, 0.2) is 0 Å². The summed E-state index contributed by atoms with van der Waals surface area (Å²) in [6, 6.07) is 10.6. The summed E-state index contributed by atoms with van der Waals surface area (Å²) in [5.74, 6) is 0. The first-order valence-corrected chi connectivity index (χ1v) is 8.01. The van der Waals surface area contributed by atoms with E-state index in [9.17, 15) is 3.08 Å². The van der Waals surface area contributed by atoms with Crippen LogP contribution in [0.1, 0.15) is 24.8 Å². The number of benzene rings is 1. The van der Waals surface area contributed by atoms with Crippen LogP contribution in [-0.4, -0.2) is 21.1 Å².